The second-order valence-electron chi connectivity index (χ2n) is 5.83. The molecule has 25 heavy (non-hydrogen) atoms. The summed E-state index contributed by atoms with van der Waals surface area (Å²) in [5.74, 6) is -0.742. The molecule has 1 aliphatic carbocycles. The number of carbonyl (C=O) groups excluding carboxylic acids is 3. The maximum absolute atomic E-state index is 12.9. The predicted molar refractivity (Wildman–Crippen MR) is 95.3 cm³/mol. The van der Waals surface area contributed by atoms with Crippen LogP contribution < -0.4 is 10.6 Å². The van der Waals surface area contributed by atoms with E-state index in [0.717, 1.165) is 11.3 Å². The van der Waals surface area contributed by atoms with Crippen molar-refractivity contribution in [2.45, 2.75) is 26.2 Å². The Bertz CT molecular complexity index is 829. The van der Waals surface area contributed by atoms with Crippen molar-refractivity contribution in [3.63, 3.8) is 0 Å². The molecule has 0 bridgehead atoms. The highest BCUT2D eigenvalue weighted by Crippen LogP contribution is 2.32. The van der Waals surface area contributed by atoms with Crippen LogP contribution in [-0.4, -0.2) is 34.5 Å². The Balaban J connectivity index is 1.87. The van der Waals surface area contributed by atoms with Gasteiger partial charge in [-0.3, -0.25) is 14.4 Å². The molecule has 0 aromatic carbocycles. The van der Waals surface area contributed by atoms with Crippen molar-refractivity contribution in [2.24, 2.45) is 5.92 Å². The molecular weight excluding hydrogens is 340 g/mol. The molecule has 1 unspecified atom stereocenters. The highest BCUT2D eigenvalue weighted by Gasteiger charge is 2.34. The molecule has 0 radical (unpaired) electrons. The summed E-state index contributed by atoms with van der Waals surface area (Å²) in [5, 5.41) is 5.90. The molecule has 1 amide bonds. The number of anilines is 2. The maximum atomic E-state index is 12.9. The molecule has 2 heterocycles. The van der Waals surface area contributed by atoms with Crippen LogP contribution in [-0.2, 0) is 11.2 Å². The SMILES string of the molecule is CNc1ccc(C(=O)C2CCCc3nc(NC(C)=O)sc3C2=O)cn1. The predicted octanol–water partition coefficient (Wildman–Crippen LogP) is 2.56. The minimum Gasteiger partial charge on any atom is -0.373 e. The normalized spacial score (nSPS) is 16.7. The van der Waals surface area contributed by atoms with E-state index in [1.807, 2.05) is 0 Å². The molecule has 1 aliphatic rings. The first kappa shape index (κ1) is 17.2. The van der Waals surface area contributed by atoms with E-state index in [1.54, 1.807) is 19.2 Å². The van der Waals surface area contributed by atoms with E-state index in [-0.39, 0.29) is 17.5 Å². The Morgan fingerprint density at radius 2 is 2.12 bits per heavy atom. The quantitative estimate of drug-likeness (QED) is 0.495. The third-order valence-corrected chi connectivity index (χ3v) is 5.08. The van der Waals surface area contributed by atoms with Gasteiger partial charge < -0.3 is 10.6 Å². The number of hydrogen-bond donors (Lipinski definition) is 2. The number of nitrogens with one attached hydrogen (secondary N) is 2. The molecule has 0 saturated heterocycles. The van der Waals surface area contributed by atoms with Gasteiger partial charge in [0.25, 0.3) is 0 Å². The van der Waals surface area contributed by atoms with E-state index in [1.165, 1.54) is 13.1 Å². The average molecular weight is 358 g/mol. The van der Waals surface area contributed by atoms with Crippen molar-refractivity contribution in [1.82, 2.24) is 9.97 Å². The fourth-order valence-corrected chi connectivity index (χ4v) is 3.87. The number of ketones is 2. The number of thiazole rings is 1. The first-order valence-corrected chi connectivity index (χ1v) is 8.80. The van der Waals surface area contributed by atoms with Crippen LogP contribution in [0.15, 0.2) is 18.3 Å². The average Bonchev–Trinajstić information content (AvgIpc) is 2.93. The number of aryl methyl sites for hydroxylation is 1. The molecule has 2 aromatic heterocycles. The van der Waals surface area contributed by atoms with Gasteiger partial charge in [0.15, 0.2) is 16.7 Å². The number of rotatable bonds is 4. The second kappa shape index (κ2) is 7.10. The first-order valence-electron chi connectivity index (χ1n) is 7.99. The van der Waals surface area contributed by atoms with E-state index in [0.29, 0.717) is 46.3 Å². The lowest BCUT2D eigenvalue weighted by Crippen LogP contribution is -2.23. The number of hydrogen-bond acceptors (Lipinski definition) is 7. The highest BCUT2D eigenvalue weighted by atomic mass is 32.1. The number of nitrogens with zero attached hydrogens (tertiary/aromatic N) is 2. The Kier molecular flexibility index (Phi) is 4.89. The summed E-state index contributed by atoms with van der Waals surface area (Å²) in [7, 11) is 1.75. The van der Waals surface area contributed by atoms with E-state index >= 15 is 0 Å². The van der Waals surface area contributed by atoms with Gasteiger partial charge in [0.1, 0.15) is 5.82 Å². The number of aromatic nitrogens is 2. The summed E-state index contributed by atoms with van der Waals surface area (Å²) in [4.78, 5) is 45.8. The lowest BCUT2D eigenvalue weighted by molar-refractivity contribution is -0.114. The van der Waals surface area contributed by atoms with E-state index in [2.05, 4.69) is 20.6 Å². The van der Waals surface area contributed by atoms with Crippen LogP contribution in [0, 0.1) is 5.92 Å². The largest absolute Gasteiger partial charge is 0.373 e. The van der Waals surface area contributed by atoms with Crippen LogP contribution in [0.25, 0.3) is 0 Å². The molecule has 0 spiro atoms. The standard InChI is InChI=1S/C17H18N4O3S/c1-9(22)20-17-21-12-5-3-4-11(15(24)16(12)25-17)14(23)10-6-7-13(18-2)19-8-10/h6-8,11H,3-5H2,1-2H3,(H,18,19)(H,20,21,22). The highest BCUT2D eigenvalue weighted by molar-refractivity contribution is 7.17. The fraction of sp³-hybridized carbons (Fsp3) is 0.353. The summed E-state index contributed by atoms with van der Waals surface area (Å²) >= 11 is 1.14. The zero-order valence-corrected chi connectivity index (χ0v) is 14.8. The second-order valence-corrected chi connectivity index (χ2v) is 6.83. The topological polar surface area (TPSA) is 101 Å². The number of carbonyl (C=O) groups is 3. The molecule has 2 N–H and O–H groups in total. The number of fused-ring (bicyclic) bond motifs is 1. The van der Waals surface area contributed by atoms with Crippen LogP contribution in [0.5, 0.6) is 0 Å². The van der Waals surface area contributed by atoms with Crippen molar-refractivity contribution in [2.75, 3.05) is 17.7 Å². The number of amides is 1. The Labute approximate surface area is 148 Å². The van der Waals surface area contributed by atoms with Crippen LogP contribution in [0.2, 0.25) is 0 Å². The number of pyridine rings is 1. The summed E-state index contributed by atoms with van der Waals surface area (Å²) in [6.45, 7) is 1.39. The summed E-state index contributed by atoms with van der Waals surface area (Å²) < 4.78 is 0. The van der Waals surface area contributed by atoms with Gasteiger partial charge in [-0.2, -0.15) is 0 Å². The molecule has 130 valence electrons. The third kappa shape index (κ3) is 3.58. The Morgan fingerprint density at radius 3 is 2.76 bits per heavy atom. The summed E-state index contributed by atoms with van der Waals surface area (Å²) in [6, 6.07) is 3.39. The van der Waals surface area contributed by atoms with E-state index < -0.39 is 5.92 Å². The van der Waals surface area contributed by atoms with Gasteiger partial charge in [0, 0.05) is 25.7 Å². The lowest BCUT2D eigenvalue weighted by atomic mass is 9.91. The molecule has 1 atom stereocenters. The molecular formula is C17H18N4O3S. The van der Waals surface area contributed by atoms with Crippen LogP contribution >= 0.6 is 11.3 Å². The summed E-state index contributed by atoms with van der Waals surface area (Å²) in [6.07, 6.45) is 3.30. The van der Waals surface area contributed by atoms with E-state index in [4.69, 9.17) is 0 Å². The number of Topliss-reactive ketones (excluding diaryl/α,β-unsaturated/α-hetero) is 2. The van der Waals surface area contributed by atoms with Gasteiger partial charge in [-0.1, -0.05) is 11.3 Å². The summed E-state index contributed by atoms with van der Waals surface area (Å²) in [5.41, 5.74) is 1.09. The Morgan fingerprint density at radius 1 is 1.32 bits per heavy atom. The lowest BCUT2D eigenvalue weighted by Gasteiger charge is -2.11. The molecule has 0 saturated carbocycles. The van der Waals surface area contributed by atoms with Crippen molar-refractivity contribution >= 4 is 39.8 Å². The molecule has 0 aliphatic heterocycles. The van der Waals surface area contributed by atoms with Crippen molar-refractivity contribution in [1.29, 1.82) is 0 Å². The zero-order chi connectivity index (χ0) is 18.0. The molecule has 7 nitrogen and oxygen atoms in total. The van der Waals surface area contributed by atoms with Gasteiger partial charge in [0.05, 0.1) is 16.5 Å². The maximum Gasteiger partial charge on any atom is 0.223 e. The van der Waals surface area contributed by atoms with E-state index in [9.17, 15) is 14.4 Å². The monoisotopic (exact) mass is 358 g/mol. The third-order valence-electron chi connectivity index (χ3n) is 4.05. The smallest absolute Gasteiger partial charge is 0.223 e. The van der Waals surface area contributed by atoms with Gasteiger partial charge in [-0.15, -0.1) is 0 Å². The van der Waals surface area contributed by atoms with Crippen molar-refractivity contribution in [3.05, 3.63) is 34.5 Å². The van der Waals surface area contributed by atoms with Crippen LogP contribution in [0.4, 0.5) is 10.9 Å². The van der Waals surface area contributed by atoms with Crippen LogP contribution in [0.3, 0.4) is 0 Å². The Hall–Kier alpha value is -2.61. The van der Waals surface area contributed by atoms with Gasteiger partial charge in [0.2, 0.25) is 5.91 Å². The van der Waals surface area contributed by atoms with Crippen molar-refractivity contribution in [3.8, 4) is 0 Å². The molecule has 2 aromatic rings. The van der Waals surface area contributed by atoms with Gasteiger partial charge in [-0.05, 0) is 31.4 Å². The first-order chi connectivity index (χ1) is 12.0. The van der Waals surface area contributed by atoms with Gasteiger partial charge in [-0.25, -0.2) is 9.97 Å². The molecule has 3 rings (SSSR count). The molecule has 0 fully saturated rings. The minimum atomic E-state index is -0.728. The van der Waals surface area contributed by atoms with Gasteiger partial charge >= 0.3 is 0 Å². The zero-order valence-electron chi connectivity index (χ0n) is 14.0. The van der Waals surface area contributed by atoms with Crippen LogP contribution in [0.1, 0.15) is 45.5 Å². The fourth-order valence-electron chi connectivity index (χ4n) is 2.82. The van der Waals surface area contributed by atoms with Crippen molar-refractivity contribution < 1.29 is 14.4 Å². The minimum absolute atomic E-state index is 0.218. The molecule has 8 heteroatoms.